The first-order valence-electron chi connectivity index (χ1n) is 11.1. The first-order valence-corrected chi connectivity index (χ1v) is 11.1. The molecule has 0 unspecified atom stereocenters. The molecule has 4 rings (SSSR count). The van der Waals surface area contributed by atoms with Crippen molar-refractivity contribution in [3.05, 3.63) is 59.5 Å². The van der Waals surface area contributed by atoms with Crippen molar-refractivity contribution in [1.82, 2.24) is 10.3 Å². The molecule has 3 nitrogen and oxygen atoms in total. The summed E-state index contributed by atoms with van der Waals surface area (Å²) in [4.78, 5) is 16.2. The van der Waals surface area contributed by atoms with Crippen LogP contribution < -0.4 is 5.32 Å². The van der Waals surface area contributed by atoms with E-state index in [0.29, 0.717) is 11.1 Å². The third kappa shape index (κ3) is 4.66. The van der Waals surface area contributed by atoms with Gasteiger partial charge in [-0.15, -0.1) is 11.8 Å². The molecule has 0 spiro atoms. The molecule has 0 radical (unpaired) electrons. The monoisotopic (exact) mass is 416 g/mol. The number of hydrogen-bond acceptors (Lipinski definition) is 1. The molecule has 2 aromatic carbocycles. The summed E-state index contributed by atoms with van der Waals surface area (Å²) in [5.41, 5.74) is 3.93. The van der Waals surface area contributed by atoms with Gasteiger partial charge in [-0.3, -0.25) is 4.79 Å². The molecule has 1 aromatic heterocycles. The van der Waals surface area contributed by atoms with E-state index in [1.807, 2.05) is 31.2 Å². The summed E-state index contributed by atoms with van der Waals surface area (Å²) < 4.78 is 14.0. The highest BCUT2D eigenvalue weighted by molar-refractivity contribution is 6.07. The van der Waals surface area contributed by atoms with Gasteiger partial charge in [0.25, 0.3) is 5.91 Å². The van der Waals surface area contributed by atoms with Gasteiger partial charge >= 0.3 is 0 Å². The van der Waals surface area contributed by atoms with Crippen molar-refractivity contribution < 1.29 is 9.18 Å². The van der Waals surface area contributed by atoms with Gasteiger partial charge in [-0.05, 0) is 86.8 Å². The van der Waals surface area contributed by atoms with Gasteiger partial charge in [-0.1, -0.05) is 18.2 Å². The van der Waals surface area contributed by atoms with E-state index in [0.717, 1.165) is 66.5 Å². The van der Waals surface area contributed by atoms with Gasteiger partial charge < -0.3 is 10.3 Å². The largest absolute Gasteiger partial charge is 0.360 e. The third-order valence-electron chi connectivity index (χ3n) is 6.54. The first-order chi connectivity index (χ1) is 15.1. The van der Waals surface area contributed by atoms with Crippen molar-refractivity contribution in [1.29, 1.82) is 0 Å². The van der Waals surface area contributed by atoms with Crippen LogP contribution in [-0.4, -0.2) is 16.9 Å². The van der Waals surface area contributed by atoms with Crippen LogP contribution in [0.25, 0.3) is 22.0 Å². The van der Waals surface area contributed by atoms with Crippen LogP contribution in [0.5, 0.6) is 0 Å². The Bertz CT molecular complexity index is 1140. The van der Waals surface area contributed by atoms with E-state index in [1.165, 1.54) is 6.07 Å². The van der Waals surface area contributed by atoms with E-state index in [-0.39, 0.29) is 17.8 Å². The Balaban J connectivity index is 1.47. The summed E-state index contributed by atoms with van der Waals surface area (Å²) in [5.74, 6) is 6.58. The minimum absolute atomic E-state index is 0.0420. The zero-order valence-electron chi connectivity index (χ0n) is 18.2. The smallest absolute Gasteiger partial charge is 0.253 e. The van der Waals surface area contributed by atoms with E-state index in [1.54, 1.807) is 19.2 Å². The highest BCUT2D eigenvalue weighted by Gasteiger charge is 2.23. The number of H-pyrrole nitrogens is 1. The molecule has 160 valence electrons. The fourth-order valence-electron chi connectivity index (χ4n) is 4.66. The van der Waals surface area contributed by atoms with E-state index in [4.69, 9.17) is 0 Å². The minimum Gasteiger partial charge on any atom is -0.360 e. The summed E-state index contributed by atoms with van der Waals surface area (Å²) in [7, 11) is 0. The van der Waals surface area contributed by atoms with Gasteiger partial charge in [0.1, 0.15) is 5.82 Å². The molecule has 31 heavy (non-hydrogen) atoms. The molecule has 1 saturated carbocycles. The molecular weight excluding hydrogens is 387 g/mol. The second-order valence-corrected chi connectivity index (χ2v) is 8.53. The Morgan fingerprint density at radius 3 is 2.77 bits per heavy atom. The average Bonchev–Trinajstić information content (AvgIpc) is 3.20. The Morgan fingerprint density at radius 2 is 2.00 bits per heavy atom. The number of nitrogens with one attached hydrogen (secondary N) is 2. The number of halogens is 1. The molecule has 2 N–H and O–H groups in total. The van der Waals surface area contributed by atoms with E-state index in [2.05, 4.69) is 22.1 Å². The maximum Gasteiger partial charge on any atom is 0.253 e. The Morgan fingerprint density at radius 1 is 1.19 bits per heavy atom. The number of carbonyl (C=O) groups is 1. The Kier molecular flexibility index (Phi) is 6.42. The van der Waals surface area contributed by atoms with Gasteiger partial charge in [0.05, 0.1) is 5.56 Å². The fourth-order valence-corrected chi connectivity index (χ4v) is 4.66. The highest BCUT2D eigenvalue weighted by atomic mass is 19.1. The number of aromatic amines is 1. The molecule has 1 heterocycles. The minimum atomic E-state index is -0.220. The van der Waals surface area contributed by atoms with Gasteiger partial charge in [-0.25, -0.2) is 4.39 Å². The van der Waals surface area contributed by atoms with Crippen molar-refractivity contribution >= 4 is 16.8 Å². The summed E-state index contributed by atoms with van der Waals surface area (Å²) in [5, 5.41) is 4.10. The zero-order valence-corrected chi connectivity index (χ0v) is 18.2. The summed E-state index contributed by atoms with van der Waals surface area (Å²) >= 11 is 0. The number of aromatic nitrogens is 1. The van der Waals surface area contributed by atoms with Crippen LogP contribution in [0.3, 0.4) is 0 Å². The number of benzene rings is 2. The lowest BCUT2D eigenvalue weighted by molar-refractivity contribution is 0.0923. The lowest BCUT2D eigenvalue weighted by Gasteiger charge is -2.28. The average molecular weight is 417 g/mol. The normalized spacial score (nSPS) is 18.4. The van der Waals surface area contributed by atoms with Gasteiger partial charge in [0, 0.05) is 29.6 Å². The molecule has 1 fully saturated rings. The molecule has 4 heteroatoms. The Hall–Kier alpha value is -3.06. The van der Waals surface area contributed by atoms with Crippen LogP contribution in [0.15, 0.2) is 42.6 Å². The maximum atomic E-state index is 14.0. The molecule has 3 aromatic rings. The lowest BCUT2D eigenvalue weighted by atomic mass is 9.83. The quantitative estimate of drug-likeness (QED) is 0.466. The third-order valence-corrected chi connectivity index (χ3v) is 6.54. The second-order valence-electron chi connectivity index (χ2n) is 8.53. The predicted molar refractivity (Wildman–Crippen MR) is 124 cm³/mol. The molecule has 1 amide bonds. The zero-order chi connectivity index (χ0) is 21.8. The summed E-state index contributed by atoms with van der Waals surface area (Å²) in [6.07, 6.45) is 8.24. The van der Waals surface area contributed by atoms with Crippen molar-refractivity contribution in [2.24, 2.45) is 5.92 Å². The number of rotatable bonds is 5. The van der Waals surface area contributed by atoms with Crippen molar-refractivity contribution in [2.75, 3.05) is 0 Å². The molecule has 0 atom stereocenters. The number of fused-ring (bicyclic) bond motifs is 1. The number of carbonyl (C=O) groups excluding carboxylic acids is 1. The molecule has 1 aliphatic carbocycles. The summed E-state index contributed by atoms with van der Waals surface area (Å²) in [6.45, 7) is 3.67. The summed E-state index contributed by atoms with van der Waals surface area (Å²) in [6, 6.07) is 11.2. The topological polar surface area (TPSA) is 44.9 Å². The Labute approximate surface area is 183 Å². The van der Waals surface area contributed by atoms with Gasteiger partial charge in [-0.2, -0.15) is 0 Å². The van der Waals surface area contributed by atoms with Crippen molar-refractivity contribution in [3.8, 4) is 23.0 Å². The standard InChI is InChI=1S/C27H29FN2O/c1-3-4-5-7-19-10-13-21(14-11-19)30-27(31)24-17-29-26-15-12-20(16-23(24)26)22-8-6-9-25(28)18(22)2/h6,8-9,12,15-17,19,21,29H,5,7,10-11,13-14H2,1-2H3,(H,30,31). The van der Waals surface area contributed by atoms with Crippen LogP contribution in [0.2, 0.25) is 0 Å². The first kappa shape index (κ1) is 21.2. The van der Waals surface area contributed by atoms with Gasteiger partial charge in [0.15, 0.2) is 0 Å². The van der Waals surface area contributed by atoms with E-state index in [9.17, 15) is 9.18 Å². The highest BCUT2D eigenvalue weighted by Crippen LogP contribution is 2.31. The van der Waals surface area contributed by atoms with Crippen LogP contribution in [0.1, 0.15) is 61.4 Å². The molecule has 0 bridgehead atoms. The van der Waals surface area contributed by atoms with Crippen LogP contribution >= 0.6 is 0 Å². The fraction of sp³-hybridized carbons (Fsp3) is 0.370. The number of hydrogen-bond donors (Lipinski definition) is 2. The van der Waals surface area contributed by atoms with E-state index < -0.39 is 0 Å². The molecule has 0 aliphatic heterocycles. The maximum absolute atomic E-state index is 14.0. The van der Waals surface area contributed by atoms with E-state index >= 15 is 0 Å². The van der Waals surface area contributed by atoms with Crippen molar-refractivity contribution in [3.63, 3.8) is 0 Å². The molecular formula is C27H29FN2O. The number of amides is 1. The van der Waals surface area contributed by atoms with Gasteiger partial charge in [0.2, 0.25) is 0 Å². The van der Waals surface area contributed by atoms with Crippen LogP contribution in [-0.2, 0) is 0 Å². The lowest BCUT2D eigenvalue weighted by Crippen LogP contribution is -2.37. The van der Waals surface area contributed by atoms with Crippen molar-refractivity contribution in [2.45, 2.75) is 58.4 Å². The van der Waals surface area contributed by atoms with Crippen LogP contribution in [0.4, 0.5) is 4.39 Å². The van der Waals surface area contributed by atoms with Crippen LogP contribution in [0, 0.1) is 30.5 Å². The predicted octanol–water partition coefficient (Wildman–Crippen LogP) is 6.37. The molecule has 0 saturated heterocycles. The second kappa shape index (κ2) is 9.39. The SMILES string of the molecule is CC#CCCC1CCC(NC(=O)c2c[nH]c3ccc(-c4cccc(F)c4C)cc23)CC1. The molecule has 1 aliphatic rings.